The number of hydrogen-bond acceptors (Lipinski definition) is 3. The van der Waals surface area contributed by atoms with Gasteiger partial charge in [0, 0.05) is 6.04 Å². The molecule has 1 N–H and O–H groups in total. The Morgan fingerprint density at radius 3 is 2.50 bits per heavy atom. The van der Waals surface area contributed by atoms with Crippen LogP contribution in [0.3, 0.4) is 0 Å². The van der Waals surface area contributed by atoms with Gasteiger partial charge in [-0.3, -0.25) is 0 Å². The molecule has 3 nitrogen and oxygen atoms in total. The maximum atomic E-state index is 12.5. The summed E-state index contributed by atoms with van der Waals surface area (Å²) in [5.74, 6) is 0.567. The lowest BCUT2D eigenvalue weighted by molar-refractivity contribution is 0.378. The molecule has 1 saturated carbocycles. The van der Waals surface area contributed by atoms with Gasteiger partial charge < -0.3 is 5.32 Å². The van der Waals surface area contributed by atoms with E-state index in [-0.39, 0.29) is 16.5 Å². The van der Waals surface area contributed by atoms with Crippen LogP contribution in [0.25, 0.3) is 0 Å². The van der Waals surface area contributed by atoms with E-state index in [0.717, 1.165) is 32.2 Å². The smallest absolute Gasteiger partial charge is 0.155 e. The Kier molecular flexibility index (Phi) is 6.12. The van der Waals surface area contributed by atoms with Crippen molar-refractivity contribution in [2.45, 2.75) is 76.3 Å². The molecule has 0 bridgehead atoms. The van der Waals surface area contributed by atoms with Crippen LogP contribution in [0.2, 0.25) is 0 Å². The lowest BCUT2D eigenvalue weighted by atomic mass is 9.91. The van der Waals surface area contributed by atoms with Gasteiger partial charge in [-0.05, 0) is 45.6 Å². The molecule has 1 aliphatic rings. The zero-order chi connectivity index (χ0) is 13.8. The van der Waals surface area contributed by atoms with E-state index in [1.54, 1.807) is 0 Å². The largest absolute Gasteiger partial charge is 0.314 e. The fourth-order valence-corrected chi connectivity index (χ4v) is 5.38. The standard InChI is InChI=1S/C14H29NO2S/c1-5-15-12(3)10-13(4)18(16,17)14-8-6-7-11(2)9-14/h11-15H,5-10H2,1-4H3. The van der Waals surface area contributed by atoms with Crippen LogP contribution < -0.4 is 5.32 Å². The monoisotopic (exact) mass is 275 g/mol. The Morgan fingerprint density at radius 2 is 1.94 bits per heavy atom. The third kappa shape index (κ3) is 4.23. The highest BCUT2D eigenvalue weighted by Crippen LogP contribution is 2.31. The van der Waals surface area contributed by atoms with E-state index in [1.165, 1.54) is 6.42 Å². The highest BCUT2D eigenvalue weighted by atomic mass is 32.2. The molecule has 1 fully saturated rings. The second-order valence-corrected chi connectivity index (χ2v) is 8.64. The molecule has 0 aromatic rings. The Bertz CT molecular complexity index is 340. The van der Waals surface area contributed by atoms with Crippen LogP contribution in [-0.2, 0) is 9.84 Å². The summed E-state index contributed by atoms with van der Waals surface area (Å²) in [4.78, 5) is 0. The fraction of sp³-hybridized carbons (Fsp3) is 1.00. The zero-order valence-corrected chi connectivity index (χ0v) is 13.1. The van der Waals surface area contributed by atoms with Crippen LogP contribution >= 0.6 is 0 Å². The first kappa shape index (κ1) is 16.0. The highest BCUT2D eigenvalue weighted by Gasteiger charge is 2.34. The summed E-state index contributed by atoms with van der Waals surface area (Å²) in [7, 11) is -2.95. The maximum Gasteiger partial charge on any atom is 0.155 e. The van der Waals surface area contributed by atoms with Crippen LogP contribution in [0, 0.1) is 5.92 Å². The van der Waals surface area contributed by atoms with Gasteiger partial charge in [0.05, 0.1) is 10.5 Å². The van der Waals surface area contributed by atoms with Crippen molar-refractivity contribution >= 4 is 9.84 Å². The van der Waals surface area contributed by atoms with Crippen LogP contribution in [0.5, 0.6) is 0 Å². The molecule has 0 aromatic carbocycles. The summed E-state index contributed by atoms with van der Waals surface area (Å²) in [6.45, 7) is 9.07. The van der Waals surface area contributed by atoms with Crippen molar-refractivity contribution in [3.05, 3.63) is 0 Å². The summed E-state index contributed by atoms with van der Waals surface area (Å²) in [5.41, 5.74) is 0. The van der Waals surface area contributed by atoms with E-state index in [4.69, 9.17) is 0 Å². The molecule has 0 heterocycles. The highest BCUT2D eigenvalue weighted by molar-refractivity contribution is 7.92. The lowest BCUT2D eigenvalue weighted by Gasteiger charge is -2.29. The van der Waals surface area contributed by atoms with Crippen molar-refractivity contribution in [2.24, 2.45) is 5.92 Å². The quantitative estimate of drug-likeness (QED) is 0.811. The van der Waals surface area contributed by atoms with E-state index in [0.29, 0.717) is 5.92 Å². The molecule has 0 aromatic heterocycles. The van der Waals surface area contributed by atoms with Gasteiger partial charge in [0.2, 0.25) is 0 Å². The second kappa shape index (κ2) is 6.90. The first-order chi connectivity index (χ1) is 8.37. The van der Waals surface area contributed by atoms with Gasteiger partial charge in [-0.15, -0.1) is 0 Å². The molecule has 0 amide bonds. The SMILES string of the molecule is CCNC(C)CC(C)S(=O)(=O)C1CCCC(C)C1. The van der Waals surface area contributed by atoms with E-state index < -0.39 is 9.84 Å². The first-order valence-corrected chi connectivity index (χ1v) is 8.95. The van der Waals surface area contributed by atoms with Crippen molar-refractivity contribution in [2.75, 3.05) is 6.54 Å². The molecular weight excluding hydrogens is 246 g/mol. The fourth-order valence-electron chi connectivity index (χ4n) is 3.07. The normalized spacial score (nSPS) is 28.9. The third-order valence-corrected chi connectivity index (χ3v) is 6.82. The van der Waals surface area contributed by atoms with Gasteiger partial charge in [-0.1, -0.05) is 26.7 Å². The molecule has 18 heavy (non-hydrogen) atoms. The van der Waals surface area contributed by atoms with Gasteiger partial charge in [0.25, 0.3) is 0 Å². The predicted molar refractivity (Wildman–Crippen MR) is 77.6 cm³/mol. The van der Waals surface area contributed by atoms with Crippen LogP contribution in [0.15, 0.2) is 0 Å². The first-order valence-electron chi connectivity index (χ1n) is 7.34. The van der Waals surface area contributed by atoms with E-state index in [2.05, 4.69) is 26.1 Å². The average molecular weight is 275 g/mol. The molecule has 4 heteroatoms. The number of sulfone groups is 1. The predicted octanol–water partition coefficient (Wildman–Crippen LogP) is 2.76. The number of hydrogen-bond donors (Lipinski definition) is 1. The van der Waals surface area contributed by atoms with Gasteiger partial charge in [-0.2, -0.15) is 0 Å². The Labute approximate surface area is 113 Å². The lowest BCUT2D eigenvalue weighted by Crippen LogP contribution is -2.38. The second-order valence-electron chi connectivity index (χ2n) is 5.99. The summed E-state index contributed by atoms with van der Waals surface area (Å²) in [6.07, 6.45) is 4.71. The maximum absolute atomic E-state index is 12.5. The Morgan fingerprint density at radius 1 is 1.28 bits per heavy atom. The van der Waals surface area contributed by atoms with Gasteiger partial charge in [0.15, 0.2) is 9.84 Å². The minimum absolute atomic E-state index is 0.0925. The molecular formula is C14H29NO2S. The molecule has 4 unspecified atom stereocenters. The summed E-state index contributed by atoms with van der Waals surface area (Å²) < 4.78 is 25.1. The Balaban J connectivity index is 2.61. The molecule has 0 saturated heterocycles. The van der Waals surface area contributed by atoms with E-state index >= 15 is 0 Å². The van der Waals surface area contributed by atoms with Crippen molar-refractivity contribution < 1.29 is 8.42 Å². The molecule has 0 radical (unpaired) electrons. The van der Waals surface area contributed by atoms with Crippen molar-refractivity contribution in [3.63, 3.8) is 0 Å². The minimum Gasteiger partial charge on any atom is -0.314 e. The molecule has 0 spiro atoms. The van der Waals surface area contributed by atoms with Crippen molar-refractivity contribution in [1.82, 2.24) is 5.32 Å². The van der Waals surface area contributed by atoms with Crippen LogP contribution in [0.1, 0.15) is 59.8 Å². The topological polar surface area (TPSA) is 46.2 Å². The third-order valence-electron chi connectivity index (χ3n) is 4.15. The summed E-state index contributed by atoms with van der Waals surface area (Å²) >= 11 is 0. The number of rotatable bonds is 6. The van der Waals surface area contributed by atoms with E-state index in [1.807, 2.05) is 6.92 Å². The van der Waals surface area contributed by atoms with Gasteiger partial charge in [-0.25, -0.2) is 8.42 Å². The molecule has 1 rings (SSSR count). The van der Waals surface area contributed by atoms with Gasteiger partial charge in [0.1, 0.15) is 0 Å². The van der Waals surface area contributed by atoms with Crippen molar-refractivity contribution in [3.8, 4) is 0 Å². The van der Waals surface area contributed by atoms with Gasteiger partial charge >= 0.3 is 0 Å². The Hall–Kier alpha value is -0.0900. The van der Waals surface area contributed by atoms with Crippen LogP contribution in [0.4, 0.5) is 0 Å². The summed E-state index contributed by atoms with van der Waals surface area (Å²) in [5, 5.41) is 2.98. The van der Waals surface area contributed by atoms with Crippen LogP contribution in [-0.4, -0.2) is 31.5 Å². The molecule has 1 aliphatic carbocycles. The summed E-state index contributed by atoms with van der Waals surface area (Å²) in [6, 6.07) is 0.279. The average Bonchev–Trinajstić information content (AvgIpc) is 2.29. The molecule has 108 valence electrons. The number of nitrogens with one attached hydrogen (secondary N) is 1. The van der Waals surface area contributed by atoms with Crippen molar-refractivity contribution in [1.29, 1.82) is 0 Å². The molecule has 4 atom stereocenters. The minimum atomic E-state index is -2.95. The molecule has 0 aliphatic heterocycles. The zero-order valence-electron chi connectivity index (χ0n) is 12.3. The van der Waals surface area contributed by atoms with E-state index in [9.17, 15) is 8.42 Å².